The quantitative estimate of drug-likeness (QED) is 0.512. The third-order valence-electron chi connectivity index (χ3n) is 3.88. The first-order chi connectivity index (χ1) is 9.49. The van der Waals surface area contributed by atoms with Crippen LogP contribution in [0.2, 0.25) is 0 Å². The first-order valence-electron chi connectivity index (χ1n) is 6.88. The number of hydrogen-bond donors (Lipinski definition) is 1. The normalized spacial score (nSPS) is 23.1. The molecule has 0 aliphatic heterocycles. The zero-order valence-corrected chi connectivity index (χ0v) is 11.4. The second kappa shape index (κ2) is 6.15. The van der Waals surface area contributed by atoms with Gasteiger partial charge in [0.15, 0.2) is 17.3 Å². The molecule has 1 aliphatic rings. The highest BCUT2D eigenvalue weighted by atomic mass is 19.2. The number of rotatable bonds is 3. The van der Waals surface area contributed by atoms with Crippen molar-refractivity contribution in [1.82, 2.24) is 0 Å². The van der Waals surface area contributed by atoms with E-state index in [2.05, 4.69) is 12.2 Å². The molecule has 0 heterocycles. The van der Waals surface area contributed by atoms with E-state index in [0.29, 0.717) is 5.92 Å². The Morgan fingerprint density at radius 1 is 1.25 bits per heavy atom. The Bertz CT molecular complexity index is 508. The van der Waals surface area contributed by atoms with Crippen molar-refractivity contribution in [1.29, 1.82) is 0 Å². The van der Waals surface area contributed by atoms with Crippen LogP contribution in [-0.4, -0.2) is 11.0 Å². The monoisotopic (exact) mass is 284 g/mol. The number of nitro benzene ring substituents is 1. The van der Waals surface area contributed by atoms with Crippen LogP contribution < -0.4 is 5.32 Å². The largest absolute Gasteiger partial charge is 0.374 e. The molecule has 2 rings (SSSR count). The Morgan fingerprint density at radius 3 is 2.70 bits per heavy atom. The molecule has 1 aromatic carbocycles. The van der Waals surface area contributed by atoms with Gasteiger partial charge in [0.2, 0.25) is 0 Å². The summed E-state index contributed by atoms with van der Waals surface area (Å²) in [7, 11) is 0. The third kappa shape index (κ3) is 3.23. The van der Waals surface area contributed by atoms with Gasteiger partial charge in [-0.2, -0.15) is 0 Å². The smallest absolute Gasteiger partial charge is 0.295 e. The minimum atomic E-state index is -1.17. The maximum atomic E-state index is 13.8. The van der Waals surface area contributed by atoms with E-state index in [0.717, 1.165) is 44.2 Å². The molecule has 0 radical (unpaired) electrons. The Balaban J connectivity index is 2.23. The van der Waals surface area contributed by atoms with Crippen LogP contribution in [0.15, 0.2) is 12.1 Å². The van der Waals surface area contributed by atoms with Gasteiger partial charge in [0, 0.05) is 12.1 Å². The number of nitrogens with zero attached hydrogens (tertiary/aromatic N) is 1. The van der Waals surface area contributed by atoms with Gasteiger partial charge in [-0.25, -0.2) is 8.78 Å². The summed E-state index contributed by atoms with van der Waals surface area (Å²) >= 11 is 0. The van der Waals surface area contributed by atoms with Gasteiger partial charge >= 0.3 is 0 Å². The zero-order valence-electron chi connectivity index (χ0n) is 11.4. The number of nitro groups is 1. The van der Waals surface area contributed by atoms with Crippen LogP contribution in [0.25, 0.3) is 0 Å². The molecule has 0 bridgehead atoms. The summed E-state index contributed by atoms with van der Waals surface area (Å²) < 4.78 is 27.1. The van der Waals surface area contributed by atoms with Gasteiger partial charge in [0.25, 0.3) is 5.69 Å². The van der Waals surface area contributed by atoms with Gasteiger partial charge in [0.05, 0.1) is 4.92 Å². The van der Waals surface area contributed by atoms with Crippen LogP contribution in [0.1, 0.15) is 39.0 Å². The molecule has 110 valence electrons. The third-order valence-corrected chi connectivity index (χ3v) is 3.88. The molecule has 0 aromatic heterocycles. The SMILES string of the molecule is CC1CCCC(Nc2c([N+](=O)[O-])ccc(F)c2F)CC1. The van der Waals surface area contributed by atoms with Gasteiger partial charge in [0.1, 0.15) is 0 Å². The molecule has 0 spiro atoms. The molecule has 20 heavy (non-hydrogen) atoms. The summed E-state index contributed by atoms with van der Waals surface area (Å²) in [6.07, 6.45) is 4.71. The molecule has 0 saturated heterocycles. The summed E-state index contributed by atoms with van der Waals surface area (Å²) in [6.45, 7) is 2.16. The van der Waals surface area contributed by atoms with Crippen molar-refractivity contribution in [2.24, 2.45) is 5.92 Å². The van der Waals surface area contributed by atoms with E-state index < -0.39 is 22.2 Å². The Hall–Kier alpha value is -1.72. The number of benzene rings is 1. The highest BCUT2D eigenvalue weighted by Crippen LogP contribution is 2.32. The predicted octanol–water partition coefficient (Wildman–Crippen LogP) is 4.25. The summed E-state index contributed by atoms with van der Waals surface area (Å²) in [5.41, 5.74) is -0.740. The molecule has 2 atom stereocenters. The fourth-order valence-electron chi connectivity index (χ4n) is 2.67. The fraction of sp³-hybridized carbons (Fsp3) is 0.571. The zero-order chi connectivity index (χ0) is 14.7. The van der Waals surface area contributed by atoms with E-state index >= 15 is 0 Å². The van der Waals surface area contributed by atoms with Crippen LogP contribution >= 0.6 is 0 Å². The fourth-order valence-corrected chi connectivity index (χ4v) is 2.67. The van der Waals surface area contributed by atoms with E-state index in [1.807, 2.05) is 0 Å². The van der Waals surface area contributed by atoms with Crippen molar-refractivity contribution in [3.63, 3.8) is 0 Å². The van der Waals surface area contributed by atoms with Crippen molar-refractivity contribution in [3.05, 3.63) is 33.9 Å². The second-order valence-electron chi connectivity index (χ2n) is 5.47. The number of hydrogen-bond acceptors (Lipinski definition) is 3. The van der Waals surface area contributed by atoms with E-state index in [1.54, 1.807) is 0 Å². The van der Waals surface area contributed by atoms with E-state index in [4.69, 9.17) is 0 Å². The molecular weight excluding hydrogens is 266 g/mol. The van der Waals surface area contributed by atoms with Crippen LogP contribution in [0, 0.1) is 27.7 Å². The lowest BCUT2D eigenvalue weighted by Crippen LogP contribution is -2.20. The average molecular weight is 284 g/mol. The molecule has 0 amide bonds. The second-order valence-corrected chi connectivity index (χ2v) is 5.47. The van der Waals surface area contributed by atoms with Gasteiger partial charge in [-0.05, 0) is 31.2 Å². The van der Waals surface area contributed by atoms with E-state index in [9.17, 15) is 18.9 Å². The standard InChI is InChI=1S/C14H18F2N2O2/c1-9-3-2-4-10(6-5-9)17-14-12(18(19)20)8-7-11(15)13(14)16/h7-10,17H,2-6H2,1H3. The lowest BCUT2D eigenvalue weighted by molar-refractivity contribution is -0.384. The molecule has 6 heteroatoms. The van der Waals surface area contributed by atoms with Crippen LogP contribution in [-0.2, 0) is 0 Å². The van der Waals surface area contributed by atoms with Crippen molar-refractivity contribution in [2.75, 3.05) is 5.32 Å². The van der Waals surface area contributed by atoms with E-state index in [1.165, 1.54) is 0 Å². The summed E-state index contributed by atoms with van der Waals surface area (Å²) in [6, 6.07) is 1.74. The van der Waals surface area contributed by atoms with E-state index in [-0.39, 0.29) is 11.7 Å². The first-order valence-corrected chi connectivity index (χ1v) is 6.88. The highest BCUT2D eigenvalue weighted by molar-refractivity contribution is 5.63. The summed E-state index contributed by atoms with van der Waals surface area (Å²) in [4.78, 5) is 10.2. The Kier molecular flexibility index (Phi) is 4.52. The lowest BCUT2D eigenvalue weighted by atomic mass is 10.0. The lowest BCUT2D eigenvalue weighted by Gasteiger charge is -2.18. The number of anilines is 1. The molecule has 1 saturated carbocycles. The first kappa shape index (κ1) is 14.7. The molecule has 1 N–H and O–H groups in total. The van der Waals surface area contributed by atoms with Gasteiger partial charge in [-0.1, -0.05) is 19.8 Å². The van der Waals surface area contributed by atoms with Crippen molar-refractivity contribution < 1.29 is 13.7 Å². The summed E-state index contributed by atoms with van der Waals surface area (Å²) in [5.74, 6) is -1.63. The molecular formula is C14H18F2N2O2. The number of nitrogens with one attached hydrogen (secondary N) is 1. The molecule has 2 unspecified atom stereocenters. The van der Waals surface area contributed by atoms with Crippen LogP contribution in [0.5, 0.6) is 0 Å². The van der Waals surface area contributed by atoms with Gasteiger partial charge < -0.3 is 5.32 Å². The average Bonchev–Trinajstić information content (AvgIpc) is 2.60. The Morgan fingerprint density at radius 2 is 2.00 bits per heavy atom. The highest BCUT2D eigenvalue weighted by Gasteiger charge is 2.25. The minimum Gasteiger partial charge on any atom is -0.374 e. The molecule has 1 fully saturated rings. The van der Waals surface area contributed by atoms with Crippen molar-refractivity contribution >= 4 is 11.4 Å². The Labute approximate surface area is 116 Å². The molecule has 4 nitrogen and oxygen atoms in total. The molecule has 1 aromatic rings. The van der Waals surface area contributed by atoms with Crippen LogP contribution in [0.3, 0.4) is 0 Å². The number of halogens is 2. The van der Waals surface area contributed by atoms with Gasteiger partial charge in [-0.15, -0.1) is 0 Å². The maximum absolute atomic E-state index is 13.8. The van der Waals surface area contributed by atoms with Gasteiger partial charge in [-0.3, -0.25) is 10.1 Å². The minimum absolute atomic E-state index is 0.0463. The predicted molar refractivity (Wildman–Crippen MR) is 72.7 cm³/mol. The summed E-state index contributed by atoms with van der Waals surface area (Å²) in [5, 5.41) is 13.8. The van der Waals surface area contributed by atoms with Crippen molar-refractivity contribution in [2.45, 2.75) is 45.1 Å². The molecule has 1 aliphatic carbocycles. The topological polar surface area (TPSA) is 55.2 Å². The van der Waals surface area contributed by atoms with Crippen LogP contribution in [0.4, 0.5) is 20.2 Å². The van der Waals surface area contributed by atoms with Crippen molar-refractivity contribution in [3.8, 4) is 0 Å². The maximum Gasteiger partial charge on any atom is 0.295 e.